The lowest BCUT2D eigenvalue weighted by Gasteiger charge is -2.32. The van der Waals surface area contributed by atoms with Gasteiger partial charge >= 0.3 is 0 Å². The van der Waals surface area contributed by atoms with E-state index in [0.717, 1.165) is 42.4 Å². The highest BCUT2D eigenvalue weighted by Gasteiger charge is 2.32. The van der Waals surface area contributed by atoms with Gasteiger partial charge in [-0.05, 0) is 43.0 Å². The summed E-state index contributed by atoms with van der Waals surface area (Å²) in [7, 11) is 0. The van der Waals surface area contributed by atoms with Crippen molar-refractivity contribution in [1.82, 2.24) is 10.2 Å². The summed E-state index contributed by atoms with van der Waals surface area (Å²) in [5, 5.41) is 3.66. The van der Waals surface area contributed by atoms with Gasteiger partial charge < -0.3 is 15.0 Å². The molecule has 4 rings (SSSR count). The number of hydrogen-bond donors (Lipinski definition) is 1. The van der Waals surface area contributed by atoms with E-state index in [1.807, 2.05) is 73.7 Å². The molecule has 0 saturated heterocycles. The van der Waals surface area contributed by atoms with Crippen LogP contribution in [-0.4, -0.2) is 35.4 Å². The molecule has 36 heavy (non-hydrogen) atoms. The van der Waals surface area contributed by atoms with Crippen molar-refractivity contribution in [2.45, 2.75) is 57.7 Å². The number of hydrogen-bond acceptors (Lipinski definition) is 3. The molecule has 1 saturated carbocycles. The van der Waals surface area contributed by atoms with Crippen LogP contribution in [0.25, 0.3) is 0 Å². The smallest absolute Gasteiger partial charge is 0.261 e. The Hall–Kier alpha value is -3.31. The number of carbonyl (C=O) groups excluding carboxylic acids is 2. The summed E-state index contributed by atoms with van der Waals surface area (Å²) in [5.74, 6) is 0.0569. The first kappa shape index (κ1) is 25.8. The van der Waals surface area contributed by atoms with Gasteiger partial charge in [0.25, 0.3) is 5.91 Å². The second-order valence-electron chi connectivity index (χ2n) is 9.43. The number of rotatable bonds is 10. The first-order chi connectivity index (χ1) is 17.5. The summed E-state index contributed by atoms with van der Waals surface area (Å²) in [6, 6.07) is 24.4. The van der Waals surface area contributed by atoms with Crippen molar-refractivity contribution in [1.29, 1.82) is 0 Å². The summed E-state index contributed by atoms with van der Waals surface area (Å²) in [4.78, 5) is 29.0. The number of aryl methyl sites for hydroxylation is 1. The van der Waals surface area contributed by atoms with Crippen molar-refractivity contribution in [2.75, 3.05) is 6.61 Å². The average Bonchev–Trinajstić information content (AvgIpc) is 3.39. The third kappa shape index (κ3) is 7.11. The summed E-state index contributed by atoms with van der Waals surface area (Å²) in [6.45, 7) is 2.12. The van der Waals surface area contributed by atoms with Gasteiger partial charge in [0.1, 0.15) is 11.8 Å². The lowest BCUT2D eigenvalue weighted by molar-refractivity contribution is -0.143. The zero-order valence-corrected chi connectivity index (χ0v) is 21.4. The number of nitrogens with zero attached hydrogens (tertiary/aromatic N) is 1. The zero-order chi connectivity index (χ0) is 25.3. The Bertz CT molecular complexity index is 1160. The summed E-state index contributed by atoms with van der Waals surface area (Å²) < 4.78 is 5.80. The molecule has 2 amide bonds. The molecule has 0 bridgehead atoms. The molecule has 1 N–H and O–H groups in total. The number of benzene rings is 3. The quantitative estimate of drug-likeness (QED) is 0.384. The van der Waals surface area contributed by atoms with Crippen molar-refractivity contribution in [3.05, 3.63) is 101 Å². The average molecular weight is 505 g/mol. The largest absolute Gasteiger partial charge is 0.482 e. The fourth-order valence-electron chi connectivity index (χ4n) is 4.71. The second-order valence-corrected chi connectivity index (χ2v) is 9.83. The lowest BCUT2D eigenvalue weighted by Crippen LogP contribution is -2.53. The molecular formula is C30H33ClN2O3. The summed E-state index contributed by atoms with van der Waals surface area (Å²) in [6.07, 6.45) is 4.61. The van der Waals surface area contributed by atoms with Gasteiger partial charge in [0, 0.05) is 19.0 Å². The molecule has 1 fully saturated rings. The normalized spacial score (nSPS) is 14.3. The van der Waals surface area contributed by atoms with Crippen LogP contribution in [-0.2, 0) is 22.6 Å². The highest BCUT2D eigenvalue weighted by molar-refractivity contribution is 6.32. The third-order valence-corrected chi connectivity index (χ3v) is 6.91. The number of para-hydroxylation sites is 1. The molecule has 1 aliphatic carbocycles. The van der Waals surface area contributed by atoms with Crippen LogP contribution in [0.2, 0.25) is 5.02 Å². The van der Waals surface area contributed by atoms with Crippen molar-refractivity contribution >= 4 is 23.4 Å². The molecule has 0 spiro atoms. The van der Waals surface area contributed by atoms with E-state index in [1.165, 1.54) is 0 Å². The van der Waals surface area contributed by atoms with Crippen LogP contribution in [0.4, 0.5) is 0 Å². The van der Waals surface area contributed by atoms with Crippen LogP contribution in [0.1, 0.15) is 42.4 Å². The van der Waals surface area contributed by atoms with Gasteiger partial charge in [-0.3, -0.25) is 9.59 Å². The molecule has 0 aromatic heterocycles. The van der Waals surface area contributed by atoms with E-state index in [2.05, 4.69) is 5.32 Å². The van der Waals surface area contributed by atoms with Crippen LogP contribution in [0.3, 0.4) is 0 Å². The van der Waals surface area contributed by atoms with Crippen LogP contribution in [0, 0.1) is 6.92 Å². The Kier molecular flexibility index (Phi) is 9.01. The van der Waals surface area contributed by atoms with Crippen LogP contribution < -0.4 is 10.1 Å². The lowest BCUT2D eigenvalue weighted by atomic mass is 10.0. The molecule has 3 aromatic rings. The third-order valence-electron chi connectivity index (χ3n) is 6.60. The summed E-state index contributed by atoms with van der Waals surface area (Å²) >= 11 is 6.24. The van der Waals surface area contributed by atoms with Gasteiger partial charge in [0.15, 0.2) is 6.61 Å². The number of amides is 2. The first-order valence-corrected chi connectivity index (χ1v) is 12.9. The Labute approximate surface area is 218 Å². The number of halogens is 1. The molecule has 1 aliphatic rings. The van der Waals surface area contributed by atoms with Crippen molar-refractivity contribution < 1.29 is 14.3 Å². The van der Waals surface area contributed by atoms with Crippen molar-refractivity contribution in [2.24, 2.45) is 0 Å². The molecular weight excluding hydrogens is 472 g/mol. The van der Waals surface area contributed by atoms with E-state index >= 15 is 0 Å². The van der Waals surface area contributed by atoms with Crippen LogP contribution in [0.5, 0.6) is 5.75 Å². The van der Waals surface area contributed by atoms with Crippen LogP contribution in [0.15, 0.2) is 78.9 Å². The van der Waals surface area contributed by atoms with Gasteiger partial charge in [-0.1, -0.05) is 96.7 Å². The molecule has 188 valence electrons. The Morgan fingerprint density at radius 2 is 1.67 bits per heavy atom. The zero-order valence-electron chi connectivity index (χ0n) is 20.7. The monoisotopic (exact) mass is 504 g/mol. The number of carbonyl (C=O) groups is 2. The van der Waals surface area contributed by atoms with E-state index in [1.54, 1.807) is 17.0 Å². The Balaban J connectivity index is 1.62. The molecule has 1 atom stereocenters. The molecule has 0 heterocycles. The molecule has 3 aromatic carbocycles. The SMILES string of the molecule is Cc1cccc(CN(C(=O)COc2ccccc2Cl)[C@H](Cc2ccccc2)C(=O)NC2CCCC2)c1. The van der Waals surface area contributed by atoms with Crippen molar-refractivity contribution in [3.8, 4) is 5.75 Å². The second kappa shape index (κ2) is 12.6. The van der Waals surface area contributed by atoms with Gasteiger partial charge in [-0.2, -0.15) is 0 Å². The minimum atomic E-state index is -0.671. The van der Waals surface area contributed by atoms with E-state index in [0.29, 0.717) is 23.7 Å². The molecule has 0 radical (unpaired) electrons. The highest BCUT2D eigenvalue weighted by atomic mass is 35.5. The minimum absolute atomic E-state index is 0.121. The first-order valence-electron chi connectivity index (χ1n) is 12.6. The standard InChI is InChI=1S/C30H33ClN2O3/c1-22-10-9-13-24(18-22)20-33(29(34)21-36-28-17-8-7-16-26(28)31)27(19-23-11-3-2-4-12-23)30(35)32-25-14-5-6-15-25/h2-4,7-13,16-18,25,27H,5-6,14-15,19-21H2,1H3,(H,32,35)/t27-/m1/s1. The summed E-state index contributed by atoms with van der Waals surface area (Å²) in [5.41, 5.74) is 3.06. The molecule has 6 heteroatoms. The maximum absolute atomic E-state index is 13.7. The highest BCUT2D eigenvalue weighted by Crippen LogP contribution is 2.24. The molecule has 0 aliphatic heterocycles. The van der Waals surface area contributed by atoms with Gasteiger partial charge in [-0.25, -0.2) is 0 Å². The van der Waals surface area contributed by atoms with E-state index in [4.69, 9.17) is 16.3 Å². The number of ether oxygens (including phenoxy) is 1. The van der Waals surface area contributed by atoms with E-state index in [-0.39, 0.29) is 24.5 Å². The molecule has 0 unspecified atom stereocenters. The topological polar surface area (TPSA) is 58.6 Å². The van der Waals surface area contributed by atoms with Gasteiger partial charge in [0.2, 0.25) is 5.91 Å². The molecule has 5 nitrogen and oxygen atoms in total. The fraction of sp³-hybridized carbons (Fsp3) is 0.333. The van der Waals surface area contributed by atoms with Gasteiger partial charge in [-0.15, -0.1) is 0 Å². The number of nitrogens with one attached hydrogen (secondary N) is 1. The van der Waals surface area contributed by atoms with Crippen molar-refractivity contribution in [3.63, 3.8) is 0 Å². The predicted molar refractivity (Wildman–Crippen MR) is 143 cm³/mol. The van der Waals surface area contributed by atoms with E-state index < -0.39 is 6.04 Å². The fourth-order valence-corrected chi connectivity index (χ4v) is 4.90. The Morgan fingerprint density at radius 1 is 0.972 bits per heavy atom. The maximum atomic E-state index is 13.7. The van der Waals surface area contributed by atoms with Crippen LogP contribution >= 0.6 is 11.6 Å². The minimum Gasteiger partial charge on any atom is -0.482 e. The van der Waals surface area contributed by atoms with E-state index in [9.17, 15) is 9.59 Å². The predicted octanol–water partition coefficient (Wildman–Crippen LogP) is 5.73. The maximum Gasteiger partial charge on any atom is 0.261 e. The van der Waals surface area contributed by atoms with Gasteiger partial charge in [0.05, 0.1) is 5.02 Å². The Morgan fingerprint density at radius 3 is 2.39 bits per heavy atom.